The van der Waals surface area contributed by atoms with Crippen molar-refractivity contribution in [2.75, 3.05) is 31.1 Å². The number of carbonyl (C=O) groups excluding carboxylic acids is 1. The standard InChI is InChI=1S/C26H26Cl3N3O3/c27-21-3-1-19(24(29)16-21)9-14-35-25-15-20(2-4-23(25)28)26(33)30-17-18-5-10-31(11-6-18)22-7-12-32(34)13-8-22/h1-4,7-8,12-13,15-16,18H,5-6,9-11,14,17H2,(H-,30,33,34)/p+1. The summed E-state index contributed by atoms with van der Waals surface area (Å²) < 4.78 is 6.88. The molecule has 1 aromatic heterocycles. The summed E-state index contributed by atoms with van der Waals surface area (Å²) in [5, 5.41) is 14.1. The number of hydrogen-bond donors (Lipinski definition) is 2. The van der Waals surface area contributed by atoms with Gasteiger partial charge in [0.1, 0.15) is 5.75 Å². The Morgan fingerprint density at radius 2 is 1.77 bits per heavy atom. The van der Waals surface area contributed by atoms with Gasteiger partial charge in [0.2, 0.25) is 12.4 Å². The minimum atomic E-state index is -0.148. The molecule has 0 spiro atoms. The van der Waals surface area contributed by atoms with Gasteiger partial charge in [-0.15, -0.1) is 0 Å². The molecule has 0 aliphatic carbocycles. The van der Waals surface area contributed by atoms with Gasteiger partial charge < -0.3 is 15.0 Å². The number of halogens is 3. The lowest BCUT2D eigenvalue weighted by Crippen LogP contribution is -2.39. The number of aromatic nitrogens is 1. The molecule has 0 bridgehead atoms. The normalized spacial score (nSPS) is 14.1. The summed E-state index contributed by atoms with van der Waals surface area (Å²) in [5.74, 6) is 0.726. The van der Waals surface area contributed by atoms with Crippen molar-refractivity contribution in [3.8, 4) is 5.75 Å². The number of anilines is 1. The van der Waals surface area contributed by atoms with Crippen LogP contribution in [0.1, 0.15) is 28.8 Å². The topological polar surface area (TPSA) is 65.7 Å². The van der Waals surface area contributed by atoms with Gasteiger partial charge in [-0.05, 0) is 54.7 Å². The van der Waals surface area contributed by atoms with E-state index in [0.717, 1.165) is 41.9 Å². The van der Waals surface area contributed by atoms with Crippen LogP contribution in [0.4, 0.5) is 5.69 Å². The van der Waals surface area contributed by atoms with E-state index in [4.69, 9.17) is 39.5 Å². The van der Waals surface area contributed by atoms with E-state index in [0.29, 0.717) is 51.9 Å². The fraction of sp³-hybridized carbons (Fsp3) is 0.308. The lowest BCUT2D eigenvalue weighted by atomic mass is 9.96. The second-order valence-corrected chi connectivity index (χ2v) is 9.81. The number of hydrogen-bond acceptors (Lipinski definition) is 4. The highest BCUT2D eigenvalue weighted by Crippen LogP contribution is 2.27. The molecule has 184 valence electrons. The van der Waals surface area contributed by atoms with Gasteiger partial charge in [0.05, 0.1) is 11.6 Å². The summed E-state index contributed by atoms with van der Waals surface area (Å²) in [6.07, 6.45) is 5.80. The maximum atomic E-state index is 12.8. The van der Waals surface area contributed by atoms with E-state index < -0.39 is 0 Å². The van der Waals surface area contributed by atoms with E-state index in [1.54, 1.807) is 42.7 Å². The molecule has 1 fully saturated rings. The molecule has 4 rings (SSSR count). The third kappa shape index (κ3) is 6.94. The van der Waals surface area contributed by atoms with Crippen molar-refractivity contribution in [1.82, 2.24) is 5.32 Å². The molecule has 1 aliphatic rings. The summed E-state index contributed by atoms with van der Waals surface area (Å²) in [6.45, 7) is 2.80. The first kappa shape index (κ1) is 25.4. The lowest BCUT2D eigenvalue weighted by molar-refractivity contribution is -0.904. The molecule has 3 aromatic rings. The Labute approximate surface area is 219 Å². The zero-order valence-electron chi connectivity index (χ0n) is 19.1. The number of nitrogens with zero attached hydrogens (tertiary/aromatic N) is 2. The Morgan fingerprint density at radius 3 is 2.49 bits per heavy atom. The van der Waals surface area contributed by atoms with Gasteiger partial charge in [-0.3, -0.25) is 10.0 Å². The molecule has 0 atom stereocenters. The van der Waals surface area contributed by atoms with Crippen LogP contribution in [0.2, 0.25) is 15.1 Å². The Hall–Kier alpha value is -2.67. The van der Waals surface area contributed by atoms with Crippen molar-refractivity contribution < 1.29 is 19.5 Å². The number of carbonyl (C=O) groups is 1. The molecule has 6 nitrogen and oxygen atoms in total. The maximum absolute atomic E-state index is 12.8. The number of piperidine rings is 1. The molecule has 2 N–H and O–H groups in total. The van der Waals surface area contributed by atoms with Gasteiger partial charge in [-0.25, -0.2) is 0 Å². The van der Waals surface area contributed by atoms with Crippen molar-refractivity contribution in [1.29, 1.82) is 0 Å². The Kier molecular flexibility index (Phi) is 8.60. The van der Waals surface area contributed by atoms with E-state index in [1.165, 1.54) is 0 Å². The van der Waals surface area contributed by atoms with Crippen molar-refractivity contribution in [3.63, 3.8) is 0 Å². The zero-order chi connectivity index (χ0) is 24.8. The first-order valence-electron chi connectivity index (χ1n) is 11.5. The lowest BCUT2D eigenvalue weighted by Gasteiger charge is -2.33. The summed E-state index contributed by atoms with van der Waals surface area (Å²) >= 11 is 18.5. The molecule has 9 heteroatoms. The molecule has 2 heterocycles. The zero-order valence-corrected chi connectivity index (χ0v) is 21.4. The number of benzene rings is 2. The molecular formula is C26H27Cl3N3O3+. The third-order valence-corrected chi connectivity index (χ3v) is 7.06. The molecule has 2 aromatic carbocycles. The molecule has 1 aliphatic heterocycles. The first-order chi connectivity index (χ1) is 16.9. The van der Waals surface area contributed by atoms with E-state index in [9.17, 15) is 10.0 Å². The third-order valence-electron chi connectivity index (χ3n) is 6.16. The van der Waals surface area contributed by atoms with E-state index in [-0.39, 0.29) is 5.91 Å². The number of amides is 1. The van der Waals surface area contributed by atoms with E-state index in [2.05, 4.69) is 10.2 Å². The largest absolute Gasteiger partial charge is 0.492 e. The van der Waals surface area contributed by atoms with Crippen LogP contribution in [0.3, 0.4) is 0 Å². The molecule has 1 amide bonds. The van der Waals surface area contributed by atoms with Crippen LogP contribution in [-0.2, 0) is 6.42 Å². The molecule has 1 saturated heterocycles. The fourth-order valence-electron chi connectivity index (χ4n) is 4.11. The van der Waals surface area contributed by atoms with Crippen LogP contribution in [0, 0.1) is 5.92 Å². The Morgan fingerprint density at radius 1 is 1.03 bits per heavy atom. The number of ether oxygens (including phenoxy) is 1. The smallest absolute Gasteiger partial charge is 0.251 e. The quantitative estimate of drug-likeness (QED) is 0.298. The Balaban J connectivity index is 1.25. The molecule has 0 radical (unpaired) electrons. The SMILES string of the molecule is O=C(NCC1CCN(c2cc[n+](O)cc2)CC1)c1ccc(Cl)c(OCCc2ccc(Cl)cc2Cl)c1. The molecular weight excluding hydrogens is 509 g/mol. The van der Waals surface area contributed by atoms with E-state index in [1.807, 2.05) is 18.2 Å². The summed E-state index contributed by atoms with van der Waals surface area (Å²) in [7, 11) is 0. The average Bonchev–Trinajstić information content (AvgIpc) is 2.86. The number of nitrogens with one attached hydrogen (secondary N) is 1. The number of pyridine rings is 1. The minimum absolute atomic E-state index is 0.148. The van der Waals surface area contributed by atoms with Gasteiger partial charge in [-0.2, -0.15) is 0 Å². The predicted octanol–water partition coefficient (Wildman–Crippen LogP) is 5.44. The second-order valence-electron chi connectivity index (χ2n) is 8.56. The van der Waals surface area contributed by atoms with Crippen molar-refractivity contribution in [3.05, 3.63) is 87.1 Å². The van der Waals surface area contributed by atoms with Crippen molar-refractivity contribution >= 4 is 46.4 Å². The van der Waals surface area contributed by atoms with Crippen molar-refractivity contribution in [2.45, 2.75) is 19.3 Å². The van der Waals surface area contributed by atoms with Crippen LogP contribution in [0.5, 0.6) is 5.75 Å². The van der Waals surface area contributed by atoms with Gasteiger partial charge in [-0.1, -0.05) is 40.9 Å². The summed E-state index contributed by atoms with van der Waals surface area (Å²) in [6, 6.07) is 14.2. The average molecular weight is 536 g/mol. The van der Waals surface area contributed by atoms with Gasteiger partial charge >= 0.3 is 0 Å². The summed E-state index contributed by atoms with van der Waals surface area (Å²) in [4.78, 5) is 15.1. The predicted molar refractivity (Wildman–Crippen MR) is 138 cm³/mol. The summed E-state index contributed by atoms with van der Waals surface area (Å²) in [5.41, 5.74) is 2.52. The van der Waals surface area contributed by atoms with Crippen LogP contribution in [0.15, 0.2) is 60.9 Å². The van der Waals surface area contributed by atoms with Gasteiger partial charge in [0.15, 0.2) is 0 Å². The van der Waals surface area contributed by atoms with Gasteiger partial charge in [0, 0.05) is 64.2 Å². The first-order valence-corrected chi connectivity index (χ1v) is 12.6. The Bertz CT molecular complexity index is 1170. The van der Waals surface area contributed by atoms with Crippen LogP contribution in [0.25, 0.3) is 0 Å². The minimum Gasteiger partial charge on any atom is -0.492 e. The maximum Gasteiger partial charge on any atom is 0.251 e. The molecule has 0 unspecified atom stereocenters. The van der Waals surface area contributed by atoms with Crippen LogP contribution in [-0.4, -0.2) is 37.4 Å². The van der Waals surface area contributed by atoms with Crippen LogP contribution >= 0.6 is 34.8 Å². The van der Waals surface area contributed by atoms with E-state index >= 15 is 0 Å². The van der Waals surface area contributed by atoms with Gasteiger partial charge in [0.25, 0.3) is 5.91 Å². The highest BCUT2D eigenvalue weighted by atomic mass is 35.5. The number of rotatable bonds is 8. The highest BCUT2D eigenvalue weighted by Gasteiger charge is 2.21. The molecule has 0 saturated carbocycles. The monoisotopic (exact) mass is 534 g/mol. The highest BCUT2D eigenvalue weighted by molar-refractivity contribution is 6.35. The second kappa shape index (κ2) is 11.8. The fourth-order valence-corrected chi connectivity index (χ4v) is 4.78. The molecule has 35 heavy (non-hydrogen) atoms. The van der Waals surface area contributed by atoms with Crippen molar-refractivity contribution in [2.24, 2.45) is 5.92 Å². The van der Waals surface area contributed by atoms with Crippen LogP contribution < -0.4 is 19.7 Å².